The van der Waals surface area contributed by atoms with Gasteiger partial charge in [-0.15, -0.1) is 0 Å². The summed E-state index contributed by atoms with van der Waals surface area (Å²) in [6, 6.07) is 0. The van der Waals surface area contributed by atoms with Crippen molar-refractivity contribution in [2.24, 2.45) is 11.8 Å². The Balaban J connectivity index is 1.78. The lowest BCUT2D eigenvalue weighted by Crippen LogP contribution is -2.39. The molecule has 1 N–H and O–H groups in total. The zero-order valence-corrected chi connectivity index (χ0v) is 12.8. The molecule has 120 valence electrons. The number of likely N-dealkylation sites (tertiary alicyclic amines) is 1. The Labute approximate surface area is 125 Å². The molecule has 1 amide bonds. The highest BCUT2D eigenvalue weighted by atomic mass is 16.5. The zero-order valence-electron chi connectivity index (χ0n) is 12.8. The van der Waals surface area contributed by atoms with Gasteiger partial charge in [-0.1, -0.05) is 6.92 Å². The number of hydrogen-bond donors (Lipinski definition) is 1. The molecule has 0 aromatic carbocycles. The van der Waals surface area contributed by atoms with Crippen LogP contribution >= 0.6 is 0 Å². The van der Waals surface area contributed by atoms with Crippen molar-refractivity contribution in [3.63, 3.8) is 0 Å². The Kier molecular flexibility index (Phi) is 5.58. The quantitative estimate of drug-likeness (QED) is 0.824. The molecule has 21 heavy (non-hydrogen) atoms. The maximum Gasteiger partial charge on any atom is 0.308 e. The van der Waals surface area contributed by atoms with Crippen LogP contribution < -0.4 is 0 Å². The van der Waals surface area contributed by atoms with E-state index in [2.05, 4.69) is 0 Å². The number of carbonyl (C=O) groups excluding carboxylic acids is 1. The number of carboxylic acid groups (broad SMARTS) is 1. The van der Waals surface area contributed by atoms with Gasteiger partial charge in [-0.05, 0) is 32.1 Å². The molecule has 0 aromatic heterocycles. The first-order valence-corrected chi connectivity index (χ1v) is 7.74. The predicted octanol–water partition coefficient (Wildman–Crippen LogP) is 1.14. The largest absolute Gasteiger partial charge is 0.481 e. The van der Waals surface area contributed by atoms with Crippen LogP contribution in [0, 0.1) is 11.8 Å². The fourth-order valence-corrected chi connectivity index (χ4v) is 2.99. The van der Waals surface area contributed by atoms with Crippen LogP contribution in [0.2, 0.25) is 0 Å². The minimum Gasteiger partial charge on any atom is -0.481 e. The van der Waals surface area contributed by atoms with E-state index in [9.17, 15) is 9.59 Å². The summed E-state index contributed by atoms with van der Waals surface area (Å²) >= 11 is 0. The summed E-state index contributed by atoms with van der Waals surface area (Å²) in [5, 5.41) is 9.11. The molecule has 2 saturated heterocycles. The van der Waals surface area contributed by atoms with Crippen LogP contribution in [0.4, 0.5) is 0 Å². The fraction of sp³-hybridized carbons (Fsp3) is 0.867. The third-order valence-corrected chi connectivity index (χ3v) is 4.40. The summed E-state index contributed by atoms with van der Waals surface area (Å²) < 4.78 is 11.2. The summed E-state index contributed by atoms with van der Waals surface area (Å²) in [6.07, 6.45) is 2.74. The molecule has 0 saturated carbocycles. The number of carbonyl (C=O) groups is 2. The fourth-order valence-electron chi connectivity index (χ4n) is 2.99. The highest BCUT2D eigenvalue weighted by Crippen LogP contribution is 2.24. The summed E-state index contributed by atoms with van der Waals surface area (Å²) in [5.74, 6) is -1.44. The van der Waals surface area contributed by atoms with E-state index in [4.69, 9.17) is 14.6 Å². The zero-order chi connectivity index (χ0) is 15.4. The van der Waals surface area contributed by atoms with E-state index < -0.39 is 18.0 Å². The first-order chi connectivity index (χ1) is 9.99. The van der Waals surface area contributed by atoms with Gasteiger partial charge in [0.2, 0.25) is 0 Å². The predicted molar refractivity (Wildman–Crippen MR) is 75.9 cm³/mol. The van der Waals surface area contributed by atoms with E-state index in [1.807, 2.05) is 6.92 Å². The van der Waals surface area contributed by atoms with Crippen molar-refractivity contribution >= 4 is 11.9 Å². The Bertz CT molecular complexity index is 380. The van der Waals surface area contributed by atoms with E-state index >= 15 is 0 Å². The van der Waals surface area contributed by atoms with E-state index in [0.717, 1.165) is 25.9 Å². The molecule has 4 atom stereocenters. The van der Waals surface area contributed by atoms with Crippen LogP contribution in [-0.4, -0.2) is 60.4 Å². The lowest BCUT2D eigenvalue weighted by Gasteiger charge is -2.25. The van der Waals surface area contributed by atoms with Crippen molar-refractivity contribution in [1.29, 1.82) is 0 Å². The molecule has 6 nitrogen and oxygen atoms in total. The van der Waals surface area contributed by atoms with Gasteiger partial charge in [0.05, 0.1) is 18.6 Å². The van der Waals surface area contributed by atoms with Crippen molar-refractivity contribution in [3.8, 4) is 0 Å². The minimum absolute atomic E-state index is 0.0136. The first kappa shape index (κ1) is 16.2. The van der Waals surface area contributed by atoms with Crippen molar-refractivity contribution in [1.82, 2.24) is 4.90 Å². The van der Waals surface area contributed by atoms with E-state index in [1.54, 1.807) is 11.8 Å². The number of ether oxygens (including phenoxy) is 2. The summed E-state index contributed by atoms with van der Waals surface area (Å²) in [6.45, 7) is 5.56. The maximum absolute atomic E-state index is 12.3. The van der Waals surface area contributed by atoms with Gasteiger partial charge in [0, 0.05) is 19.7 Å². The molecular weight excluding hydrogens is 274 g/mol. The van der Waals surface area contributed by atoms with E-state index in [-0.39, 0.29) is 24.5 Å². The van der Waals surface area contributed by atoms with Crippen LogP contribution in [0.1, 0.15) is 33.1 Å². The van der Waals surface area contributed by atoms with Gasteiger partial charge < -0.3 is 19.5 Å². The number of nitrogens with zero attached hydrogens (tertiary/aromatic N) is 1. The number of rotatable bonds is 5. The number of amides is 1. The second-order valence-electron chi connectivity index (χ2n) is 6.13. The smallest absolute Gasteiger partial charge is 0.308 e. The van der Waals surface area contributed by atoms with Crippen molar-refractivity contribution in [2.75, 3.05) is 26.3 Å². The molecule has 2 unspecified atom stereocenters. The van der Waals surface area contributed by atoms with Gasteiger partial charge in [0.15, 0.2) is 0 Å². The molecule has 0 aromatic rings. The highest BCUT2D eigenvalue weighted by Gasteiger charge is 2.38. The van der Waals surface area contributed by atoms with Gasteiger partial charge in [-0.3, -0.25) is 9.59 Å². The molecular formula is C15H25NO5. The third kappa shape index (κ3) is 4.17. The standard InChI is InChI=1S/C15H25NO5/c1-10-7-16(8-13(10)15(18)19)14(17)11(2)21-9-12-5-3-4-6-20-12/h10-13H,3-9H2,1-2H3,(H,18,19)/t10-,11?,12?,13-/m1/s1. The Morgan fingerprint density at radius 3 is 2.71 bits per heavy atom. The van der Waals surface area contributed by atoms with Gasteiger partial charge in [0.25, 0.3) is 5.91 Å². The topological polar surface area (TPSA) is 76.1 Å². The average molecular weight is 299 g/mol. The molecule has 0 spiro atoms. The van der Waals surface area contributed by atoms with Crippen LogP contribution in [0.25, 0.3) is 0 Å². The number of hydrogen-bond acceptors (Lipinski definition) is 4. The average Bonchev–Trinajstić information content (AvgIpc) is 2.87. The van der Waals surface area contributed by atoms with Crippen molar-refractivity contribution < 1.29 is 24.2 Å². The summed E-state index contributed by atoms with van der Waals surface area (Å²) in [7, 11) is 0. The van der Waals surface area contributed by atoms with Crippen molar-refractivity contribution in [2.45, 2.75) is 45.3 Å². The molecule has 0 bridgehead atoms. The third-order valence-electron chi connectivity index (χ3n) is 4.40. The number of carboxylic acids is 1. The number of aliphatic carboxylic acids is 1. The molecule has 0 aliphatic carbocycles. The van der Waals surface area contributed by atoms with Gasteiger partial charge >= 0.3 is 5.97 Å². The Hall–Kier alpha value is -1.14. The normalized spacial score (nSPS) is 31.1. The monoisotopic (exact) mass is 299 g/mol. The van der Waals surface area contributed by atoms with Crippen LogP contribution in [-0.2, 0) is 19.1 Å². The van der Waals surface area contributed by atoms with Gasteiger partial charge in [-0.25, -0.2) is 0 Å². The maximum atomic E-state index is 12.3. The SMILES string of the molecule is CC(OCC1CCCCO1)C(=O)N1C[C@@H](C)[C@H](C(=O)O)C1. The van der Waals surface area contributed by atoms with Crippen molar-refractivity contribution in [3.05, 3.63) is 0 Å². The van der Waals surface area contributed by atoms with Crippen LogP contribution in [0.15, 0.2) is 0 Å². The van der Waals surface area contributed by atoms with Gasteiger partial charge in [0.1, 0.15) is 6.10 Å². The Morgan fingerprint density at radius 2 is 2.14 bits per heavy atom. The molecule has 6 heteroatoms. The molecule has 2 heterocycles. The molecule has 0 radical (unpaired) electrons. The summed E-state index contributed by atoms with van der Waals surface area (Å²) in [5.41, 5.74) is 0. The molecule has 2 rings (SSSR count). The highest BCUT2D eigenvalue weighted by molar-refractivity contribution is 5.82. The molecule has 2 fully saturated rings. The van der Waals surface area contributed by atoms with E-state index in [0.29, 0.717) is 13.2 Å². The lowest BCUT2D eigenvalue weighted by atomic mass is 9.99. The lowest BCUT2D eigenvalue weighted by molar-refractivity contribution is -0.146. The second-order valence-corrected chi connectivity index (χ2v) is 6.13. The second kappa shape index (κ2) is 7.22. The summed E-state index contributed by atoms with van der Waals surface area (Å²) in [4.78, 5) is 25.0. The molecule has 2 aliphatic rings. The molecule has 2 aliphatic heterocycles. The van der Waals surface area contributed by atoms with Crippen LogP contribution in [0.3, 0.4) is 0 Å². The van der Waals surface area contributed by atoms with E-state index in [1.165, 1.54) is 0 Å². The Morgan fingerprint density at radius 1 is 1.38 bits per heavy atom. The first-order valence-electron chi connectivity index (χ1n) is 7.74. The van der Waals surface area contributed by atoms with Gasteiger partial charge in [-0.2, -0.15) is 0 Å². The minimum atomic E-state index is -0.832. The van der Waals surface area contributed by atoms with Crippen LogP contribution in [0.5, 0.6) is 0 Å².